The van der Waals surface area contributed by atoms with E-state index in [1.165, 1.54) is 18.6 Å². The molecule has 2 rings (SSSR count). The Kier molecular flexibility index (Phi) is 4.90. The van der Waals surface area contributed by atoms with Crippen LogP contribution in [0.3, 0.4) is 0 Å². The minimum absolute atomic E-state index is 0.194. The molecule has 2 aromatic rings. The van der Waals surface area contributed by atoms with Gasteiger partial charge in [-0.25, -0.2) is 23.1 Å². The molecular weight excluding hydrogens is 307 g/mol. The van der Waals surface area contributed by atoms with Crippen molar-refractivity contribution in [3.63, 3.8) is 0 Å². The largest absolute Gasteiger partial charge is 0.249 e. The van der Waals surface area contributed by atoms with Crippen LogP contribution in [0.25, 0.3) is 0 Å². The SMILES string of the molecule is Cc1cc(F)ncc1CS(=O)(=O)Cc1ncnn1CC(C)C. The molecule has 0 aliphatic rings. The van der Waals surface area contributed by atoms with Gasteiger partial charge in [0, 0.05) is 12.7 Å². The maximum Gasteiger partial charge on any atom is 0.213 e. The van der Waals surface area contributed by atoms with Gasteiger partial charge >= 0.3 is 0 Å². The van der Waals surface area contributed by atoms with Gasteiger partial charge < -0.3 is 0 Å². The Labute approximate surface area is 129 Å². The predicted octanol–water partition coefficient (Wildman–Crippen LogP) is 1.89. The minimum atomic E-state index is -3.44. The highest BCUT2D eigenvalue weighted by molar-refractivity contribution is 7.89. The summed E-state index contributed by atoms with van der Waals surface area (Å²) in [6.45, 7) is 6.32. The lowest BCUT2D eigenvalue weighted by Gasteiger charge is -2.10. The zero-order valence-corrected chi connectivity index (χ0v) is 13.6. The van der Waals surface area contributed by atoms with Crippen LogP contribution in [0, 0.1) is 18.8 Å². The predicted molar refractivity (Wildman–Crippen MR) is 80.1 cm³/mol. The van der Waals surface area contributed by atoms with Crippen LogP contribution in [0.5, 0.6) is 0 Å². The monoisotopic (exact) mass is 326 g/mol. The van der Waals surface area contributed by atoms with Gasteiger partial charge in [-0.05, 0) is 30.0 Å². The summed E-state index contributed by atoms with van der Waals surface area (Å²) in [5, 5.41) is 4.06. The first-order chi connectivity index (χ1) is 10.3. The van der Waals surface area contributed by atoms with Crippen LogP contribution in [-0.4, -0.2) is 28.2 Å². The second kappa shape index (κ2) is 6.51. The van der Waals surface area contributed by atoms with E-state index in [1.807, 2.05) is 13.8 Å². The molecule has 0 fully saturated rings. The molecule has 8 heteroatoms. The third-order valence-corrected chi connectivity index (χ3v) is 4.59. The fraction of sp³-hybridized carbons (Fsp3) is 0.500. The number of aromatic nitrogens is 4. The Morgan fingerprint density at radius 3 is 2.64 bits per heavy atom. The standard InChI is InChI=1S/C14H19FN4O2S/c1-10(2)6-19-14(17-9-18-19)8-22(20,21)7-12-5-16-13(15)4-11(12)3/h4-5,9-10H,6-8H2,1-3H3. The molecule has 0 unspecified atom stereocenters. The van der Waals surface area contributed by atoms with Crippen molar-refractivity contribution < 1.29 is 12.8 Å². The lowest BCUT2D eigenvalue weighted by atomic mass is 10.2. The number of sulfone groups is 1. The van der Waals surface area contributed by atoms with Crippen LogP contribution in [0.15, 0.2) is 18.6 Å². The minimum Gasteiger partial charge on any atom is -0.249 e. The van der Waals surface area contributed by atoms with Crippen molar-refractivity contribution in [2.45, 2.75) is 38.8 Å². The maximum atomic E-state index is 13.0. The maximum absolute atomic E-state index is 13.0. The summed E-state index contributed by atoms with van der Waals surface area (Å²) in [6.07, 6.45) is 2.62. The Morgan fingerprint density at radius 1 is 1.27 bits per heavy atom. The van der Waals surface area contributed by atoms with Gasteiger partial charge in [-0.3, -0.25) is 0 Å². The summed E-state index contributed by atoms with van der Waals surface area (Å²) >= 11 is 0. The first-order valence-electron chi connectivity index (χ1n) is 6.95. The number of halogens is 1. The van der Waals surface area contributed by atoms with Gasteiger partial charge in [0.15, 0.2) is 9.84 Å². The van der Waals surface area contributed by atoms with E-state index in [-0.39, 0.29) is 11.5 Å². The third-order valence-electron chi connectivity index (χ3n) is 3.14. The molecule has 0 saturated carbocycles. The molecule has 120 valence electrons. The zero-order valence-electron chi connectivity index (χ0n) is 12.8. The van der Waals surface area contributed by atoms with Crippen molar-refractivity contribution in [3.8, 4) is 0 Å². The van der Waals surface area contributed by atoms with E-state index in [0.717, 1.165) is 0 Å². The second-order valence-corrected chi connectivity index (χ2v) is 7.78. The fourth-order valence-electron chi connectivity index (χ4n) is 2.08. The molecule has 6 nitrogen and oxygen atoms in total. The number of aryl methyl sites for hydroxylation is 1. The van der Waals surface area contributed by atoms with Crippen LogP contribution < -0.4 is 0 Å². The quantitative estimate of drug-likeness (QED) is 0.758. The summed E-state index contributed by atoms with van der Waals surface area (Å²) in [7, 11) is -3.44. The zero-order chi connectivity index (χ0) is 16.3. The highest BCUT2D eigenvalue weighted by Crippen LogP contribution is 2.15. The van der Waals surface area contributed by atoms with Crippen LogP contribution in [0.1, 0.15) is 30.8 Å². The van der Waals surface area contributed by atoms with Crippen molar-refractivity contribution >= 4 is 9.84 Å². The van der Waals surface area contributed by atoms with Crippen LogP contribution in [0.2, 0.25) is 0 Å². The molecule has 0 bridgehead atoms. The van der Waals surface area contributed by atoms with Crippen molar-refractivity contribution in [2.24, 2.45) is 5.92 Å². The second-order valence-electron chi connectivity index (χ2n) is 5.72. The summed E-state index contributed by atoms with van der Waals surface area (Å²) in [4.78, 5) is 7.54. The van der Waals surface area contributed by atoms with Gasteiger partial charge in [0.05, 0.1) is 5.75 Å². The molecule has 0 aromatic carbocycles. The molecule has 0 aliphatic carbocycles. The molecule has 0 N–H and O–H groups in total. The van der Waals surface area contributed by atoms with E-state index in [1.54, 1.807) is 11.6 Å². The molecule has 0 spiro atoms. The molecule has 0 saturated heterocycles. The Morgan fingerprint density at radius 2 is 2.00 bits per heavy atom. The van der Waals surface area contributed by atoms with Crippen molar-refractivity contribution in [2.75, 3.05) is 0 Å². The van der Waals surface area contributed by atoms with Gasteiger partial charge in [-0.15, -0.1) is 0 Å². The molecule has 2 heterocycles. The Bertz CT molecular complexity index is 756. The lowest BCUT2D eigenvalue weighted by molar-refractivity contribution is 0.470. The topological polar surface area (TPSA) is 77.7 Å². The van der Waals surface area contributed by atoms with E-state index >= 15 is 0 Å². The molecule has 0 aliphatic heterocycles. The number of rotatable bonds is 6. The summed E-state index contributed by atoms with van der Waals surface area (Å²) < 4.78 is 39.3. The van der Waals surface area contributed by atoms with Crippen molar-refractivity contribution in [1.29, 1.82) is 0 Å². The van der Waals surface area contributed by atoms with Gasteiger partial charge in [0.25, 0.3) is 0 Å². The van der Waals surface area contributed by atoms with Gasteiger partial charge in [-0.2, -0.15) is 9.49 Å². The van der Waals surface area contributed by atoms with E-state index in [0.29, 0.717) is 29.4 Å². The smallest absolute Gasteiger partial charge is 0.213 e. The number of hydrogen-bond acceptors (Lipinski definition) is 5. The summed E-state index contributed by atoms with van der Waals surface area (Å²) in [5.74, 6) is -0.250. The third kappa shape index (κ3) is 4.33. The molecule has 0 amide bonds. The summed E-state index contributed by atoms with van der Waals surface area (Å²) in [5.41, 5.74) is 1.07. The fourth-order valence-corrected chi connectivity index (χ4v) is 3.58. The highest BCUT2D eigenvalue weighted by atomic mass is 32.2. The number of hydrogen-bond donors (Lipinski definition) is 0. The van der Waals surface area contributed by atoms with E-state index in [4.69, 9.17) is 0 Å². The average molecular weight is 326 g/mol. The van der Waals surface area contributed by atoms with E-state index < -0.39 is 15.8 Å². The molecule has 2 aromatic heterocycles. The molecule has 0 radical (unpaired) electrons. The van der Waals surface area contributed by atoms with Crippen LogP contribution >= 0.6 is 0 Å². The lowest BCUT2D eigenvalue weighted by Crippen LogP contribution is -2.16. The summed E-state index contributed by atoms with van der Waals surface area (Å²) in [6, 6.07) is 1.23. The first-order valence-corrected chi connectivity index (χ1v) is 8.77. The van der Waals surface area contributed by atoms with Gasteiger partial charge in [-0.1, -0.05) is 13.8 Å². The Balaban J connectivity index is 2.16. The molecular formula is C14H19FN4O2S. The first kappa shape index (κ1) is 16.5. The average Bonchev–Trinajstić information content (AvgIpc) is 2.78. The van der Waals surface area contributed by atoms with Crippen LogP contribution in [-0.2, 0) is 27.9 Å². The Hall–Kier alpha value is -1.83. The van der Waals surface area contributed by atoms with Gasteiger partial charge in [0.1, 0.15) is 17.9 Å². The number of nitrogens with zero attached hydrogens (tertiary/aromatic N) is 4. The molecule has 0 atom stereocenters. The van der Waals surface area contributed by atoms with Crippen LogP contribution in [0.4, 0.5) is 4.39 Å². The highest BCUT2D eigenvalue weighted by Gasteiger charge is 2.19. The van der Waals surface area contributed by atoms with E-state index in [2.05, 4.69) is 15.1 Å². The normalized spacial score (nSPS) is 12.0. The van der Waals surface area contributed by atoms with Crippen molar-refractivity contribution in [3.05, 3.63) is 41.5 Å². The van der Waals surface area contributed by atoms with Crippen molar-refractivity contribution in [1.82, 2.24) is 19.7 Å². The number of pyridine rings is 1. The van der Waals surface area contributed by atoms with Gasteiger partial charge in [0.2, 0.25) is 5.95 Å². The molecule has 22 heavy (non-hydrogen) atoms. The van der Waals surface area contributed by atoms with E-state index in [9.17, 15) is 12.8 Å².